The van der Waals surface area contributed by atoms with Crippen molar-refractivity contribution < 1.29 is 32.6 Å². The summed E-state index contributed by atoms with van der Waals surface area (Å²) in [6.45, 7) is 1.80. The highest BCUT2D eigenvalue weighted by Crippen LogP contribution is 2.41. The lowest BCUT2D eigenvalue weighted by molar-refractivity contribution is -0.139. The molecule has 8 nitrogen and oxygen atoms in total. The third-order valence-corrected chi connectivity index (χ3v) is 5.50. The van der Waals surface area contributed by atoms with Gasteiger partial charge < -0.3 is 20.5 Å². The fourth-order valence-corrected chi connectivity index (χ4v) is 3.84. The summed E-state index contributed by atoms with van der Waals surface area (Å²) in [5.41, 5.74) is 1.48. The lowest BCUT2D eigenvalue weighted by atomic mass is 10.0. The first kappa shape index (κ1) is 21.7. The zero-order valence-electron chi connectivity index (χ0n) is 17.2. The van der Waals surface area contributed by atoms with Crippen molar-refractivity contribution >= 4 is 11.8 Å². The molecule has 0 aliphatic carbocycles. The standard InChI is InChI=1S/C21H19F3N4O4/c1-11-10-32-14-4-3-12(5-6-20(31)7-8-27(2)19(20)30)9-13(14)28-17(11)15(21(22,23)24)16(26-28)18(25)29/h3-4,9,11,31H,7-8,10H2,1-2H3,(H2,25,29)/t11-,20+/m1/s1. The molecule has 1 fully saturated rings. The SMILES string of the molecule is C[C@@H]1COc2ccc(C#C[C@]3(O)CCN(C)C3=O)cc2-n2nc(C(N)=O)c(C(F)(F)F)c21. The number of aliphatic hydroxyl groups is 1. The number of carbonyl (C=O) groups excluding carboxylic acids is 2. The summed E-state index contributed by atoms with van der Waals surface area (Å²) in [6, 6.07) is 4.48. The maximum absolute atomic E-state index is 13.8. The monoisotopic (exact) mass is 448 g/mol. The Bertz CT molecular complexity index is 1190. The molecule has 2 amide bonds. The van der Waals surface area contributed by atoms with E-state index in [2.05, 4.69) is 16.9 Å². The first-order valence-electron chi connectivity index (χ1n) is 9.70. The molecule has 3 heterocycles. The summed E-state index contributed by atoms with van der Waals surface area (Å²) in [5.74, 6) is 2.94. The number of likely N-dealkylation sites (tertiary alicyclic amines) is 1. The van der Waals surface area contributed by atoms with Gasteiger partial charge in [0.25, 0.3) is 11.8 Å². The Hall–Kier alpha value is -3.52. The van der Waals surface area contributed by atoms with Crippen LogP contribution >= 0.6 is 0 Å². The highest BCUT2D eigenvalue weighted by atomic mass is 19.4. The van der Waals surface area contributed by atoms with Crippen LogP contribution in [0.4, 0.5) is 13.2 Å². The molecule has 2 aliphatic heterocycles. The number of nitrogens with zero attached hydrogens (tertiary/aromatic N) is 3. The molecule has 0 unspecified atom stereocenters. The minimum atomic E-state index is -4.85. The third kappa shape index (κ3) is 3.46. The second-order valence-electron chi connectivity index (χ2n) is 7.86. The van der Waals surface area contributed by atoms with Gasteiger partial charge in [-0.05, 0) is 18.2 Å². The Kier molecular flexibility index (Phi) is 4.93. The van der Waals surface area contributed by atoms with Gasteiger partial charge in [-0.25, -0.2) is 4.68 Å². The van der Waals surface area contributed by atoms with Crippen LogP contribution in [-0.2, 0) is 11.0 Å². The number of primary amides is 1. The van der Waals surface area contributed by atoms with Crippen LogP contribution in [0, 0.1) is 11.8 Å². The van der Waals surface area contributed by atoms with Crippen molar-refractivity contribution in [1.29, 1.82) is 0 Å². The number of halogens is 3. The zero-order valence-corrected chi connectivity index (χ0v) is 17.2. The Balaban J connectivity index is 1.86. The van der Waals surface area contributed by atoms with Gasteiger partial charge in [0.1, 0.15) is 17.0 Å². The van der Waals surface area contributed by atoms with E-state index in [4.69, 9.17) is 10.5 Å². The van der Waals surface area contributed by atoms with E-state index in [1.807, 2.05) is 0 Å². The number of rotatable bonds is 1. The van der Waals surface area contributed by atoms with E-state index in [9.17, 15) is 27.9 Å². The fourth-order valence-electron chi connectivity index (χ4n) is 3.84. The average molecular weight is 448 g/mol. The number of ether oxygens (including phenoxy) is 1. The van der Waals surface area contributed by atoms with Gasteiger partial charge >= 0.3 is 6.18 Å². The zero-order chi connectivity index (χ0) is 23.4. The number of benzene rings is 1. The molecular weight excluding hydrogens is 429 g/mol. The largest absolute Gasteiger partial charge is 0.491 e. The first-order chi connectivity index (χ1) is 14.9. The summed E-state index contributed by atoms with van der Waals surface area (Å²) in [4.78, 5) is 25.2. The van der Waals surface area contributed by atoms with Crippen LogP contribution in [0.2, 0.25) is 0 Å². The molecule has 0 bridgehead atoms. The molecule has 0 spiro atoms. The molecular formula is C21H19F3N4O4. The van der Waals surface area contributed by atoms with Crippen LogP contribution in [0.3, 0.4) is 0 Å². The van der Waals surface area contributed by atoms with Gasteiger partial charge in [-0.2, -0.15) is 18.3 Å². The van der Waals surface area contributed by atoms with Gasteiger partial charge in [0, 0.05) is 31.5 Å². The predicted molar refractivity (Wildman–Crippen MR) is 105 cm³/mol. The molecule has 0 radical (unpaired) electrons. The van der Waals surface area contributed by atoms with Gasteiger partial charge in [-0.3, -0.25) is 9.59 Å². The van der Waals surface area contributed by atoms with Crippen molar-refractivity contribution in [3.8, 4) is 23.3 Å². The normalized spacial score (nSPS) is 22.4. The summed E-state index contributed by atoms with van der Waals surface area (Å²) >= 11 is 0. The second kappa shape index (κ2) is 7.27. The predicted octanol–water partition coefficient (Wildman–Crippen LogP) is 1.43. The van der Waals surface area contributed by atoms with Crippen LogP contribution in [0.1, 0.15) is 46.6 Å². The van der Waals surface area contributed by atoms with Crippen molar-refractivity contribution in [2.24, 2.45) is 5.73 Å². The smallest absolute Gasteiger partial charge is 0.420 e. The maximum Gasteiger partial charge on any atom is 0.420 e. The Labute approximate surface area is 180 Å². The number of hydrogen-bond acceptors (Lipinski definition) is 5. The van der Waals surface area contributed by atoms with Crippen molar-refractivity contribution in [2.45, 2.75) is 31.0 Å². The van der Waals surface area contributed by atoms with Crippen molar-refractivity contribution in [1.82, 2.24) is 14.7 Å². The number of likely N-dealkylation sites (N-methyl/N-ethyl adjacent to an activating group) is 1. The van der Waals surface area contributed by atoms with Crippen molar-refractivity contribution in [2.75, 3.05) is 20.2 Å². The molecule has 2 aliphatic rings. The highest BCUT2D eigenvalue weighted by Gasteiger charge is 2.44. The second-order valence-corrected chi connectivity index (χ2v) is 7.86. The fraction of sp³-hybridized carbons (Fsp3) is 0.381. The molecule has 2 aromatic rings. The summed E-state index contributed by atoms with van der Waals surface area (Å²) in [5, 5.41) is 14.3. The highest BCUT2D eigenvalue weighted by molar-refractivity contribution is 5.93. The van der Waals surface area contributed by atoms with Gasteiger partial charge in [0.2, 0.25) is 5.60 Å². The summed E-state index contributed by atoms with van der Waals surface area (Å²) in [6.07, 6.45) is -4.71. The molecule has 1 aromatic heterocycles. The lowest BCUT2D eigenvalue weighted by Crippen LogP contribution is -2.37. The van der Waals surface area contributed by atoms with E-state index in [1.54, 1.807) is 13.1 Å². The number of nitrogens with two attached hydrogens (primary N) is 1. The molecule has 1 saturated heterocycles. The van der Waals surface area contributed by atoms with Crippen LogP contribution in [0.5, 0.6) is 5.75 Å². The molecule has 0 saturated carbocycles. The summed E-state index contributed by atoms with van der Waals surface area (Å²) in [7, 11) is 1.55. The van der Waals surface area contributed by atoms with E-state index in [1.165, 1.54) is 24.0 Å². The van der Waals surface area contributed by atoms with Gasteiger partial charge in [0.05, 0.1) is 12.3 Å². The van der Waals surface area contributed by atoms with E-state index in [-0.39, 0.29) is 30.2 Å². The third-order valence-electron chi connectivity index (χ3n) is 5.50. The van der Waals surface area contributed by atoms with E-state index >= 15 is 0 Å². The molecule has 3 N–H and O–H groups in total. The van der Waals surface area contributed by atoms with Crippen LogP contribution < -0.4 is 10.5 Å². The maximum atomic E-state index is 13.8. The number of hydrogen-bond donors (Lipinski definition) is 2. The van der Waals surface area contributed by atoms with E-state index < -0.39 is 40.8 Å². The van der Waals surface area contributed by atoms with Gasteiger partial charge in [0.15, 0.2) is 5.69 Å². The first-order valence-corrected chi connectivity index (χ1v) is 9.70. The topological polar surface area (TPSA) is 111 Å². The van der Waals surface area contributed by atoms with Crippen molar-refractivity contribution in [3.63, 3.8) is 0 Å². The van der Waals surface area contributed by atoms with Gasteiger partial charge in [-0.15, -0.1) is 0 Å². The Morgan fingerprint density at radius 3 is 2.72 bits per heavy atom. The minimum absolute atomic E-state index is 0.0778. The average Bonchev–Trinajstić information content (AvgIpc) is 3.21. The Morgan fingerprint density at radius 1 is 1.41 bits per heavy atom. The van der Waals surface area contributed by atoms with E-state index in [0.29, 0.717) is 12.1 Å². The number of alkyl halides is 3. The lowest BCUT2D eigenvalue weighted by Gasteiger charge is -2.14. The number of fused-ring (bicyclic) bond motifs is 3. The van der Waals surface area contributed by atoms with Crippen molar-refractivity contribution in [3.05, 3.63) is 40.7 Å². The van der Waals surface area contributed by atoms with Crippen LogP contribution in [-0.4, -0.2) is 57.4 Å². The molecule has 1 aromatic carbocycles. The number of amides is 2. The van der Waals surface area contributed by atoms with Crippen LogP contribution in [0.25, 0.3) is 5.69 Å². The molecule has 11 heteroatoms. The molecule has 2 atom stereocenters. The Morgan fingerprint density at radius 2 is 2.12 bits per heavy atom. The molecule has 168 valence electrons. The number of aromatic nitrogens is 2. The van der Waals surface area contributed by atoms with E-state index in [0.717, 1.165) is 4.68 Å². The molecule has 32 heavy (non-hydrogen) atoms. The van der Waals surface area contributed by atoms with Crippen LogP contribution in [0.15, 0.2) is 18.2 Å². The van der Waals surface area contributed by atoms with Gasteiger partial charge in [-0.1, -0.05) is 18.8 Å². The summed E-state index contributed by atoms with van der Waals surface area (Å²) < 4.78 is 48.1. The minimum Gasteiger partial charge on any atom is -0.491 e. The quantitative estimate of drug-likeness (QED) is 0.642. The number of carbonyl (C=O) groups is 2. The molecule has 4 rings (SSSR count).